The molecule has 19 heavy (non-hydrogen) atoms. The van der Waals surface area contributed by atoms with Crippen molar-refractivity contribution >= 4 is 5.91 Å². The van der Waals surface area contributed by atoms with Crippen molar-refractivity contribution in [2.45, 2.75) is 32.3 Å². The summed E-state index contributed by atoms with van der Waals surface area (Å²) in [5.41, 5.74) is 1.61. The molecule has 104 valence electrons. The first kappa shape index (κ1) is 12.7. The highest BCUT2D eigenvalue weighted by molar-refractivity contribution is 5.93. The van der Waals surface area contributed by atoms with E-state index in [1.54, 1.807) is 4.68 Å². The van der Waals surface area contributed by atoms with E-state index >= 15 is 0 Å². The number of fused-ring (bicyclic) bond motifs is 1. The van der Waals surface area contributed by atoms with Gasteiger partial charge in [-0.1, -0.05) is 6.92 Å². The summed E-state index contributed by atoms with van der Waals surface area (Å²) >= 11 is 0. The van der Waals surface area contributed by atoms with E-state index in [2.05, 4.69) is 5.10 Å². The van der Waals surface area contributed by atoms with Crippen LogP contribution in [-0.4, -0.2) is 44.9 Å². The monoisotopic (exact) mass is 263 g/mol. The van der Waals surface area contributed by atoms with E-state index in [1.807, 2.05) is 24.9 Å². The van der Waals surface area contributed by atoms with Crippen LogP contribution in [0.4, 0.5) is 0 Å². The second-order valence-corrected chi connectivity index (χ2v) is 5.78. The number of nitrogens with zero attached hydrogens (tertiary/aromatic N) is 3. The van der Waals surface area contributed by atoms with Gasteiger partial charge in [0, 0.05) is 26.1 Å². The van der Waals surface area contributed by atoms with Gasteiger partial charge in [0.25, 0.3) is 5.91 Å². The molecule has 1 aromatic heterocycles. The van der Waals surface area contributed by atoms with E-state index in [0.29, 0.717) is 18.2 Å². The highest BCUT2D eigenvalue weighted by Gasteiger charge is 2.43. The van der Waals surface area contributed by atoms with Crippen molar-refractivity contribution in [3.63, 3.8) is 0 Å². The smallest absolute Gasteiger partial charge is 0.272 e. The van der Waals surface area contributed by atoms with Crippen molar-refractivity contribution in [2.24, 2.45) is 18.9 Å². The zero-order valence-corrected chi connectivity index (χ0v) is 11.5. The Morgan fingerprint density at radius 2 is 2.26 bits per heavy atom. The lowest BCUT2D eigenvalue weighted by Gasteiger charge is -2.18. The van der Waals surface area contributed by atoms with Crippen molar-refractivity contribution in [1.29, 1.82) is 0 Å². The molecule has 2 aliphatic rings. The first-order valence-electron chi connectivity index (χ1n) is 7.10. The lowest BCUT2D eigenvalue weighted by atomic mass is 10.00. The van der Waals surface area contributed by atoms with E-state index in [-0.39, 0.29) is 17.9 Å². The maximum Gasteiger partial charge on any atom is 0.272 e. The molecule has 0 aromatic carbocycles. The minimum atomic E-state index is -0.222. The molecule has 1 N–H and O–H groups in total. The number of rotatable bonds is 2. The van der Waals surface area contributed by atoms with Crippen molar-refractivity contribution in [2.75, 3.05) is 13.1 Å². The van der Waals surface area contributed by atoms with Gasteiger partial charge in [0.1, 0.15) is 5.69 Å². The number of carbonyl (C=O) groups is 1. The first-order chi connectivity index (χ1) is 9.10. The summed E-state index contributed by atoms with van der Waals surface area (Å²) in [5, 5.41) is 14.2. The highest BCUT2D eigenvalue weighted by atomic mass is 16.3. The molecule has 3 atom stereocenters. The molecule has 2 heterocycles. The molecule has 5 heteroatoms. The SMILES string of the molecule is CCc1cc(C(=O)N2CC3CCC(O)C3C2)n(C)n1. The lowest BCUT2D eigenvalue weighted by Crippen LogP contribution is -2.32. The van der Waals surface area contributed by atoms with Crippen LogP contribution in [0.1, 0.15) is 35.9 Å². The minimum absolute atomic E-state index is 0.0521. The molecule has 1 amide bonds. The predicted octanol–water partition coefficient (Wildman–Crippen LogP) is 0.825. The van der Waals surface area contributed by atoms with Crippen LogP contribution < -0.4 is 0 Å². The summed E-state index contributed by atoms with van der Waals surface area (Å²) in [5.74, 6) is 0.817. The molecule has 5 nitrogen and oxygen atoms in total. The van der Waals surface area contributed by atoms with Crippen molar-refractivity contribution in [3.05, 3.63) is 17.5 Å². The maximum absolute atomic E-state index is 12.5. The van der Waals surface area contributed by atoms with E-state index < -0.39 is 0 Å². The number of aliphatic hydroxyl groups excluding tert-OH is 1. The summed E-state index contributed by atoms with van der Waals surface area (Å²) in [6.07, 6.45) is 2.55. The van der Waals surface area contributed by atoms with Crippen LogP contribution in [0.2, 0.25) is 0 Å². The van der Waals surface area contributed by atoms with Crippen LogP contribution in [0.25, 0.3) is 0 Å². The molecule has 0 radical (unpaired) electrons. The number of likely N-dealkylation sites (tertiary alicyclic amines) is 1. The quantitative estimate of drug-likeness (QED) is 0.859. The van der Waals surface area contributed by atoms with Crippen molar-refractivity contribution in [3.8, 4) is 0 Å². The first-order valence-corrected chi connectivity index (χ1v) is 7.10. The van der Waals surface area contributed by atoms with Gasteiger partial charge < -0.3 is 10.0 Å². The van der Waals surface area contributed by atoms with Crippen LogP contribution >= 0.6 is 0 Å². The average molecular weight is 263 g/mol. The maximum atomic E-state index is 12.5. The number of carbonyl (C=O) groups excluding carboxylic acids is 1. The van der Waals surface area contributed by atoms with Gasteiger partial charge in [0.15, 0.2) is 0 Å². The Morgan fingerprint density at radius 1 is 1.47 bits per heavy atom. The summed E-state index contributed by atoms with van der Waals surface area (Å²) in [7, 11) is 1.82. The van der Waals surface area contributed by atoms with Crippen molar-refractivity contribution < 1.29 is 9.90 Å². The second kappa shape index (κ2) is 4.63. The molecule has 3 unspecified atom stereocenters. The highest BCUT2D eigenvalue weighted by Crippen LogP contribution is 2.38. The normalized spacial score (nSPS) is 29.8. The van der Waals surface area contributed by atoms with E-state index in [0.717, 1.165) is 31.5 Å². The van der Waals surface area contributed by atoms with Gasteiger partial charge in [-0.3, -0.25) is 9.48 Å². The van der Waals surface area contributed by atoms with Gasteiger partial charge in [-0.25, -0.2) is 0 Å². The Labute approximate surface area is 113 Å². The van der Waals surface area contributed by atoms with Crippen LogP contribution in [0.3, 0.4) is 0 Å². The fraction of sp³-hybridized carbons (Fsp3) is 0.714. The molecule has 0 spiro atoms. The van der Waals surface area contributed by atoms with E-state index in [1.165, 1.54) is 0 Å². The Kier molecular flexibility index (Phi) is 3.09. The number of aryl methyl sites for hydroxylation is 2. The van der Waals surface area contributed by atoms with Gasteiger partial charge in [-0.05, 0) is 31.2 Å². The molecule has 0 bridgehead atoms. The minimum Gasteiger partial charge on any atom is -0.393 e. The number of aromatic nitrogens is 2. The lowest BCUT2D eigenvalue weighted by molar-refractivity contribution is 0.0742. The molecule has 1 saturated heterocycles. The van der Waals surface area contributed by atoms with Gasteiger partial charge in [0.2, 0.25) is 0 Å². The average Bonchev–Trinajstić information content (AvgIpc) is 3.05. The summed E-state index contributed by atoms with van der Waals surface area (Å²) in [6.45, 7) is 3.51. The fourth-order valence-electron chi connectivity index (χ4n) is 3.46. The number of aliphatic hydroxyl groups is 1. The van der Waals surface area contributed by atoms with Gasteiger partial charge >= 0.3 is 0 Å². The van der Waals surface area contributed by atoms with Crippen LogP contribution in [0.15, 0.2) is 6.07 Å². The van der Waals surface area contributed by atoms with Gasteiger partial charge in [0.05, 0.1) is 11.8 Å². The molecule has 1 aromatic rings. The summed E-state index contributed by atoms with van der Waals surface area (Å²) in [4.78, 5) is 14.4. The molecular formula is C14H21N3O2. The Bertz CT molecular complexity index is 497. The largest absolute Gasteiger partial charge is 0.393 e. The van der Waals surface area contributed by atoms with Crippen LogP contribution in [0, 0.1) is 11.8 Å². The fourth-order valence-corrected chi connectivity index (χ4v) is 3.46. The van der Waals surface area contributed by atoms with Crippen LogP contribution in [0.5, 0.6) is 0 Å². The van der Waals surface area contributed by atoms with Gasteiger partial charge in [-0.15, -0.1) is 0 Å². The van der Waals surface area contributed by atoms with E-state index in [4.69, 9.17) is 0 Å². The van der Waals surface area contributed by atoms with E-state index in [9.17, 15) is 9.90 Å². The number of hydrogen-bond acceptors (Lipinski definition) is 3. The number of hydrogen-bond donors (Lipinski definition) is 1. The summed E-state index contributed by atoms with van der Waals surface area (Å²) < 4.78 is 1.67. The number of amides is 1. The molecule has 1 aliphatic carbocycles. The van der Waals surface area contributed by atoms with Gasteiger partial charge in [-0.2, -0.15) is 5.10 Å². The Morgan fingerprint density at radius 3 is 2.89 bits per heavy atom. The third-order valence-corrected chi connectivity index (χ3v) is 4.62. The second-order valence-electron chi connectivity index (χ2n) is 5.78. The standard InChI is InChI=1S/C14H21N3O2/c1-3-10-6-12(16(2)15-10)14(19)17-7-9-4-5-13(18)11(9)8-17/h6,9,11,13,18H,3-5,7-8H2,1-2H3. The summed E-state index contributed by atoms with van der Waals surface area (Å²) in [6, 6.07) is 1.88. The Balaban J connectivity index is 1.76. The molecule has 2 fully saturated rings. The third kappa shape index (κ3) is 2.06. The molecule has 1 aliphatic heterocycles. The zero-order chi connectivity index (χ0) is 13.6. The molecule has 1 saturated carbocycles. The third-order valence-electron chi connectivity index (χ3n) is 4.62. The molecular weight excluding hydrogens is 242 g/mol. The van der Waals surface area contributed by atoms with Crippen LogP contribution in [-0.2, 0) is 13.5 Å². The Hall–Kier alpha value is -1.36. The topological polar surface area (TPSA) is 58.4 Å². The molecule has 3 rings (SSSR count). The van der Waals surface area contributed by atoms with Crippen molar-refractivity contribution in [1.82, 2.24) is 14.7 Å². The predicted molar refractivity (Wildman–Crippen MR) is 70.7 cm³/mol. The zero-order valence-electron chi connectivity index (χ0n) is 11.5.